The van der Waals surface area contributed by atoms with E-state index in [9.17, 15) is 14.0 Å². The first-order valence-corrected chi connectivity index (χ1v) is 6.84. The van der Waals surface area contributed by atoms with E-state index in [1.54, 1.807) is 0 Å². The van der Waals surface area contributed by atoms with Gasteiger partial charge in [-0.1, -0.05) is 13.3 Å². The van der Waals surface area contributed by atoms with Gasteiger partial charge >= 0.3 is 5.97 Å². The molecular weight excluding hydrogens is 277 g/mol. The van der Waals surface area contributed by atoms with Crippen molar-refractivity contribution >= 4 is 11.9 Å². The van der Waals surface area contributed by atoms with Crippen LogP contribution in [0.15, 0.2) is 18.2 Å². The number of benzene rings is 1. The lowest BCUT2D eigenvalue weighted by atomic mass is 10.2. The smallest absolute Gasteiger partial charge is 0.335 e. The molecule has 1 amide bonds. The predicted octanol–water partition coefficient (Wildman–Crippen LogP) is 2.60. The van der Waals surface area contributed by atoms with E-state index in [4.69, 9.17) is 9.84 Å². The molecule has 1 rings (SSSR count). The minimum absolute atomic E-state index is 0.0122. The Morgan fingerprint density at radius 3 is 2.57 bits per heavy atom. The van der Waals surface area contributed by atoms with Crippen LogP contribution in [0.25, 0.3) is 0 Å². The summed E-state index contributed by atoms with van der Waals surface area (Å²) in [6.07, 6.45) is 0.956. The zero-order chi connectivity index (χ0) is 16.0. The molecule has 2 unspecified atom stereocenters. The van der Waals surface area contributed by atoms with E-state index in [2.05, 4.69) is 5.32 Å². The Labute approximate surface area is 123 Å². The van der Waals surface area contributed by atoms with E-state index in [0.29, 0.717) is 0 Å². The van der Waals surface area contributed by atoms with Crippen LogP contribution in [0.5, 0.6) is 5.75 Å². The highest BCUT2D eigenvalue weighted by Gasteiger charge is 2.18. The molecule has 116 valence electrons. The Morgan fingerprint density at radius 1 is 1.33 bits per heavy atom. The van der Waals surface area contributed by atoms with Crippen molar-refractivity contribution in [1.82, 2.24) is 5.32 Å². The van der Waals surface area contributed by atoms with Crippen LogP contribution in [0.3, 0.4) is 0 Å². The summed E-state index contributed by atoms with van der Waals surface area (Å²) in [4.78, 5) is 22.7. The zero-order valence-electron chi connectivity index (χ0n) is 12.4. The second kappa shape index (κ2) is 7.61. The van der Waals surface area contributed by atoms with Crippen molar-refractivity contribution in [2.24, 2.45) is 0 Å². The van der Waals surface area contributed by atoms with E-state index in [-0.39, 0.29) is 23.3 Å². The maximum absolute atomic E-state index is 13.3. The van der Waals surface area contributed by atoms with Crippen LogP contribution in [-0.2, 0) is 4.79 Å². The Kier molecular flexibility index (Phi) is 6.14. The summed E-state index contributed by atoms with van der Waals surface area (Å²) < 4.78 is 18.6. The van der Waals surface area contributed by atoms with Gasteiger partial charge in [0.05, 0.1) is 5.56 Å². The fourth-order valence-corrected chi connectivity index (χ4v) is 1.88. The summed E-state index contributed by atoms with van der Waals surface area (Å²) in [5, 5.41) is 11.6. The second-order valence-electron chi connectivity index (χ2n) is 4.94. The summed E-state index contributed by atoms with van der Waals surface area (Å²) >= 11 is 0. The van der Waals surface area contributed by atoms with E-state index < -0.39 is 17.9 Å². The molecule has 5 nitrogen and oxygen atoms in total. The highest BCUT2D eigenvalue weighted by Crippen LogP contribution is 2.18. The molecule has 0 bridgehead atoms. The molecule has 0 aliphatic rings. The number of hydrogen-bond donors (Lipinski definition) is 2. The molecule has 0 saturated carbocycles. The van der Waals surface area contributed by atoms with Crippen molar-refractivity contribution in [2.75, 3.05) is 0 Å². The number of aromatic carboxylic acids is 1. The number of amides is 1. The standard InChI is InChI=1S/C15H20FNO4/c1-4-5-9(2)17-14(18)10(3)21-13-7-11(15(19)20)6-12(16)8-13/h6-10H,4-5H2,1-3H3,(H,17,18)(H,19,20). The van der Waals surface area contributed by atoms with Gasteiger partial charge in [0.15, 0.2) is 6.10 Å². The van der Waals surface area contributed by atoms with Gasteiger partial charge in [-0.2, -0.15) is 0 Å². The Morgan fingerprint density at radius 2 is 2.00 bits per heavy atom. The van der Waals surface area contributed by atoms with Crippen LogP contribution < -0.4 is 10.1 Å². The molecule has 0 spiro atoms. The largest absolute Gasteiger partial charge is 0.481 e. The van der Waals surface area contributed by atoms with Crippen LogP contribution in [0, 0.1) is 5.82 Å². The van der Waals surface area contributed by atoms with Crippen molar-refractivity contribution in [3.63, 3.8) is 0 Å². The number of carbonyl (C=O) groups is 2. The number of halogens is 1. The molecule has 0 aliphatic heterocycles. The van der Waals surface area contributed by atoms with E-state index in [1.165, 1.54) is 13.0 Å². The normalized spacial score (nSPS) is 13.3. The molecule has 6 heteroatoms. The van der Waals surface area contributed by atoms with E-state index in [0.717, 1.165) is 25.0 Å². The van der Waals surface area contributed by atoms with Crippen molar-refractivity contribution in [2.45, 2.75) is 45.8 Å². The first-order valence-electron chi connectivity index (χ1n) is 6.84. The monoisotopic (exact) mass is 297 g/mol. The van der Waals surface area contributed by atoms with Crippen LogP contribution in [0.2, 0.25) is 0 Å². The lowest BCUT2D eigenvalue weighted by Crippen LogP contribution is -2.41. The number of carboxylic acids is 1. The topological polar surface area (TPSA) is 75.6 Å². The average Bonchev–Trinajstić information content (AvgIpc) is 2.37. The van der Waals surface area contributed by atoms with E-state index in [1.807, 2.05) is 13.8 Å². The van der Waals surface area contributed by atoms with Gasteiger partial charge in [0.2, 0.25) is 0 Å². The fraction of sp³-hybridized carbons (Fsp3) is 0.467. The number of ether oxygens (including phenoxy) is 1. The highest BCUT2D eigenvalue weighted by atomic mass is 19.1. The van der Waals surface area contributed by atoms with Gasteiger partial charge in [0.1, 0.15) is 11.6 Å². The third-order valence-electron chi connectivity index (χ3n) is 2.91. The molecule has 0 radical (unpaired) electrons. The maximum atomic E-state index is 13.3. The summed E-state index contributed by atoms with van der Waals surface area (Å²) in [6, 6.07) is 3.15. The maximum Gasteiger partial charge on any atom is 0.335 e. The van der Waals surface area contributed by atoms with Gasteiger partial charge in [-0.3, -0.25) is 4.79 Å². The quantitative estimate of drug-likeness (QED) is 0.811. The molecule has 0 fully saturated rings. The number of rotatable bonds is 7. The first-order chi connectivity index (χ1) is 9.83. The van der Waals surface area contributed by atoms with Crippen LogP contribution in [-0.4, -0.2) is 29.1 Å². The minimum atomic E-state index is -1.26. The number of carbonyl (C=O) groups excluding carboxylic acids is 1. The minimum Gasteiger partial charge on any atom is -0.481 e. The fourth-order valence-electron chi connectivity index (χ4n) is 1.88. The van der Waals surface area contributed by atoms with Crippen LogP contribution in [0.1, 0.15) is 44.0 Å². The van der Waals surface area contributed by atoms with Gasteiger partial charge in [-0.15, -0.1) is 0 Å². The van der Waals surface area contributed by atoms with Crippen molar-refractivity contribution in [1.29, 1.82) is 0 Å². The lowest BCUT2D eigenvalue weighted by Gasteiger charge is -2.18. The molecule has 0 heterocycles. The molecule has 2 atom stereocenters. The predicted molar refractivity (Wildman–Crippen MR) is 76.0 cm³/mol. The summed E-state index contributed by atoms with van der Waals surface area (Å²) in [6.45, 7) is 5.43. The van der Waals surface area contributed by atoms with Crippen molar-refractivity contribution in [3.05, 3.63) is 29.6 Å². The molecule has 21 heavy (non-hydrogen) atoms. The molecular formula is C15H20FNO4. The number of carboxylic acid groups (broad SMARTS) is 1. The first kappa shape index (κ1) is 16.9. The molecule has 0 aliphatic carbocycles. The summed E-state index contributed by atoms with van der Waals surface area (Å²) in [5.41, 5.74) is -0.225. The van der Waals surface area contributed by atoms with Gasteiger partial charge < -0.3 is 15.2 Å². The zero-order valence-corrected chi connectivity index (χ0v) is 12.4. The van der Waals surface area contributed by atoms with Crippen molar-refractivity contribution in [3.8, 4) is 5.75 Å². The van der Waals surface area contributed by atoms with Gasteiger partial charge in [-0.05, 0) is 32.4 Å². The van der Waals surface area contributed by atoms with Gasteiger partial charge in [0, 0.05) is 12.1 Å². The van der Waals surface area contributed by atoms with Gasteiger partial charge in [0.25, 0.3) is 5.91 Å². The third kappa shape index (κ3) is 5.41. The molecule has 2 N–H and O–H groups in total. The second-order valence-corrected chi connectivity index (χ2v) is 4.94. The SMILES string of the molecule is CCCC(C)NC(=O)C(C)Oc1cc(F)cc(C(=O)O)c1. The lowest BCUT2D eigenvalue weighted by molar-refractivity contribution is -0.127. The number of nitrogens with one attached hydrogen (secondary N) is 1. The van der Waals surface area contributed by atoms with Gasteiger partial charge in [-0.25, -0.2) is 9.18 Å². The van der Waals surface area contributed by atoms with Crippen LogP contribution >= 0.6 is 0 Å². The Balaban J connectivity index is 2.72. The summed E-state index contributed by atoms with van der Waals surface area (Å²) in [5.74, 6) is -2.29. The average molecular weight is 297 g/mol. The third-order valence-corrected chi connectivity index (χ3v) is 2.91. The highest BCUT2D eigenvalue weighted by molar-refractivity contribution is 5.88. The number of hydrogen-bond acceptors (Lipinski definition) is 3. The van der Waals surface area contributed by atoms with Crippen LogP contribution in [0.4, 0.5) is 4.39 Å². The Hall–Kier alpha value is -2.11. The summed E-state index contributed by atoms with van der Waals surface area (Å²) in [7, 11) is 0. The van der Waals surface area contributed by atoms with E-state index >= 15 is 0 Å². The molecule has 0 aromatic heterocycles. The Bertz CT molecular complexity index is 518. The molecule has 1 aromatic rings. The van der Waals surface area contributed by atoms with Crippen molar-refractivity contribution < 1.29 is 23.8 Å². The molecule has 1 aromatic carbocycles. The molecule has 0 saturated heterocycles.